The third-order valence-electron chi connectivity index (χ3n) is 2.48. The summed E-state index contributed by atoms with van der Waals surface area (Å²) in [6.45, 7) is 1.30. The molecule has 0 amide bonds. The van der Waals surface area contributed by atoms with Crippen molar-refractivity contribution < 1.29 is 31.5 Å². The molecule has 8 heteroatoms. The average Bonchev–Trinajstić information content (AvgIpc) is 2.29. The first kappa shape index (κ1) is 15.3. The van der Waals surface area contributed by atoms with Crippen molar-refractivity contribution in [3.8, 4) is 0 Å². The maximum atomic E-state index is 12.9. The van der Waals surface area contributed by atoms with E-state index in [1.807, 2.05) is 0 Å². The topological polar surface area (TPSA) is 39.2 Å². The molecule has 1 aromatic heterocycles. The normalized spacial score (nSPS) is 11.8. The molecule has 0 spiro atoms. The van der Waals surface area contributed by atoms with Crippen molar-refractivity contribution in [2.75, 3.05) is 7.11 Å². The highest BCUT2D eigenvalue weighted by atomic mass is 19.4. The first-order valence-electron chi connectivity index (χ1n) is 5.09. The van der Waals surface area contributed by atoms with Crippen molar-refractivity contribution in [2.24, 2.45) is 0 Å². The minimum absolute atomic E-state index is 0.0775. The Labute approximate surface area is 105 Å². The molecule has 0 aromatic carbocycles. The molecular formula is C11H10F5NO2. The molecule has 1 heterocycles. The largest absolute Gasteiger partial charge is 0.469 e. The molecule has 1 aromatic rings. The molecule has 0 aliphatic heterocycles. The van der Waals surface area contributed by atoms with Gasteiger partial charge in [-0.15, -0.1) is 0 Å². The van der Waals surface area contributed by atoms with Gasteiger partial charge < -0.3 is 4.74 Å². The predicted molar refractivity (Wildman–Crippen MR) is 54.7 cm³/mol. The molecule has 0 aliphatic carbocycles. The van der Waals surface area contributed by atoms with E-state index in [0.717, 1.165) is 13.3 Å². The molecular weight excluding hydrogens is 273 g/mol. The fourth-order valence-corrected chi connectivity index (χ4v) is 1.58. The van der Waals surface area contributed by atoms with Crippen LogP contribution in [0.15, 0.2) is 6.20 Å². The molecule has 0 radical (unpaired) electrons. The van der Waals surface area contributed by atoms with E-state index >= 15 is 0 Å². The van der Waals surface area contributed by atoms with Gasteiger partial charge in [-0.1, -0.05) is 0 Å². The highest BCUT2D eigenvalue weighted by Crippen LogP contribution is 2.37. The van der Waals surface area contributed by atoms with E-state index in [-0.39, 0.29) is 5.56 Å². The molecule has 0 fully saturated rings. The van der Waals surface area contributed by atoms with Crippen molar-refractivity contribution in [3.05, 3.63) is 28.6 Å². The van der Waals surface area contributed by atoms with Crippen molar-refractivity contribution in [2.45, 2.75) is 25.9 Å². The smallest absolute Gasteiger partial charge is 0.433 e. The van der Waals surface area contributed by atoms with Crippen LogP contribution >= 0.6 is 0 Å². The van der Waals surface area contributed by atoms with E-state index in [1.54, 1.807) is 0 Å². The van der Waals surface area contributed by atoms with Gasteiger partial charge in [0.1, 0.15) is 0 Å². The Bertz CT molecular complexity index is 485. The van der Waals surface area contributed by atoms with Crippen LogP contribution in [0.3, 0.4) is 0 Å². The Morgan fingerprint density at radius 1 is 1.42 bits per heavy atom. The zero-order valence-electron chi connectivity index (χ0n) is 10.0. The summed E-state index contributed by atoms with van der Waals surface area (Å²) in [5.41, 5.74) is -3.26. The number of rotatable bonds is 3. The summed E-state index contributed by atoms with van der Waals surface area (Å²) in [5.74, 6) is -0.899. The number of nitrogens with zero attached hydrogens (tertiary/aromatic N) is 1. The summed E-state index contributed by atoms with van der Waals surface area (Å²) < 4.78 is 67.9. The van der Waals surface area contributed by atoms with Crippen LogP contribution in [0.4, 0.5) is 22.0 Å². The predicted octanol–water partition coefficient (Wildman–Crippen LogP) is 3.06. The van der Waals surface area contributed by atoms with Gasteiger partial charge in [0.15, 0.2) is 5.69 Å². The van der Waals surface area contributed by atoms with Crippen LogP contribution in [-0.2, 0) is 22.1 Å². The standard InChI is InChI=1S/C11H10F5NO2/c1-5-4-17-9(11(14,15)16)8(10(12)13)6(5)3-7(18)19-2/h4,10H,3H2,1-2H3. The summed E-state index contributed by atoms with van der Waals surface area (Å²) in [5, 5.41) is 0. The Balaban J connectivity index is 3.46. The molecule has 0 saturated carbocycles. The van der Waals surface area contributed by atoms with Gasteiger partial charge in [-0.3, -0.25) is 9.78 Å². The third-order valence-corrected chi connectivity index (χ3v) is 2.48. The minimum Gasteiger partial charge on any atom is -0.469 e. The Hall–Kier alpha value is -1.73. The fraction of sp³-hybridized carbons (Fsp3) is 0.455. The summed E-state index contributed by atoms with van der Waals surface area (Å²) in [4.78, 5) is 14.1. The quantitative estimate of drug-likeness (QED) is 0.632. The molecule has 0 saturated heterocycles. The highest BCUT2D eigenvalue weighted by Gasteiger charge is 2.39. The molecule has 0 bridgehead atoms. The number of hydrogen-bond donors (Lipinski definition) is 0. The monoisotopic (exact) mass is 283 g/mol. The lowest BCUT2D eigenvalue weighted by molar-refractivity contribution is -0.144. The molecule has 106 valence electrons. The maximum Gasteiger partial charge on any atom is 0.433 e. The zero-order valence-corrected chi connectivity index (χ0v) is 10.0. The van der Waals surface area contributed by atoms with Gasteiger partial charge in [-0.2, -0.15) is 13.2 Å². The summed E-state index contributed by atoms with van der Waals surface area (Å²) >= 11 is 0. The number of methoxy groups -OCH3 is 1. The van der Waals surface area contributed by atoms with Crippen LogP contribution < -0.4 is 0 Å². The minimum atomic E-state index is -5.01. The van der Waals surface area contributed by atoms with Crippen molar-refractivity contribution in [1.29, 1.82) is 0 Å². The van der Waals surface area contributed by atoms with Crippen LogP contribution in [0.5, 0.6) is 0 Å². The number of aromatic nitrogens is 1. The van der Waals surface area contributed by atoms with E-state index in [1.165, 1.54) is 6.92 Å². The molecule has 19 heavy (non-hydrogen) atoms. The van der Waals surface area contributed by atoms with Crippen LogP contribution in [0.25, 0.3) is 0 Å². The molecule has 1 rings (SSSR count). The van der Waals surface area contributed by atoms with E-state index in [9.17, 15) is 26.7 Å². The lowest BCUT2D eigenvalue weighted by Crippen LogP contribution is -2.17. The van der Waals surface area contributed by atoms with E-state index < -0.39 is 41.8 Å². The zero-order chi connectivity index (χ0) is 14.8. The van der Waals surface area contributed by atoms with E-state index in [0.29, 0.717) is 0 Å². The molecule has 0 unspecified atom stereocenters. The fourth-order valence-electron chi connectivity index (χ4n) is 1.58. The second-order valence-corrected chi connectivity index (χ2v) is 3.73. The summed E-state index contributed by atoms with van der Waals surface area (Å²) in [6.07, 6.45) is -8.24. The van der Waals surface area contributed by atoms with Crippen LogP contribution in [0.1, 0.15) is 28.8 Å². The van der Waals surface area contributed by atoms with E-state index in [2.05, 4.69) is 9.72 Å². The number of alkyl halides is 5. The molecule has 3 nitrogen and oxygen atoms in total. The van der Waals surface area contributed by atoms with Gasteiger partial charge in [0.2, 0.25) is 0 Å². The second-order valence-electron chi connectivity index (χ2n) is 3.73. The van der Waals surface area contributed by atoms with Crippen LogP contribution in [0.2, 0.25) is 0 Å². The van der Waals surface area contributed by atoms with Gasteiger partial charge in [-0.05, 0) is 18.1 Å². The first-order chi connectivity index (χ1) is 8.68. The van der Waals surface area contributed by atoms with Crippen molar-refractivity contribution in [3.63, 3.8) is 0 Å². The molecule has 0 N–H and O–H groups in total. The first-order valence-corrected chi connectivity index (χ1v) is 5.09. The Morgan fingerprint density at radius 2 is 2.00 bits per heavy atom. The van der Waals surface area contributed by atoms with Crippen molar-refractivity contribution >= 4 is 5.97 Å². The average molecular weight is 283 g/mol. The number of carbonyl (C=O) groups is 1. The van der Waals surface area contributed by atoms with Gasteiger partial charge in [0, 0.05) is 6.20 Å². The van der Waals surface area contributed by atoms with Crippen molar-refractivity contribution in [1.82, 2.24) is 4.98 Å². The number of carbonyl (C=O) groups excluding carboxylic acids is 1. The van der Waals surface area contributed by atoms with Crippen LogP contribution in [0, 0.1) is 6.92 Å². The van der Waals surface area contributed by atoms with Gasteiger partial charge in [0.25, 0.3) is 6.43 Å². The lowest BCUT2D eigenvalue weighted by Gasteiger charge is -2.16. The van der Waals surface area contributed by atoms with E-state index in [4.69, 9.17) is 0 Å². The molecule has 0 aliphatic rings. The van der Waals surface area contributed by atoms with Gasteiger partial charge in [-0.25, -0.2) is 8.78 Å². The number of halogens is 5. The second kappa shape index (κ2) is 5.50. The maximum absolute atomic E-state index is 12.9. The van der Waals surface area contributed by atoms with Crippen LogP contribution in [-0.4, -0.2) is 18.1 Å². The number of ether oxygens (including phenoxy) is 1. The SMILES string of the molecule is COC(=O)Cc1c(C)cnc(C(F)(F)F)c1C(F)F. The highest BCUT2D eigenvalue weighted by molar-refractivity contribution is 5.73. The Kier molecular flexibility index (Phi) is 4.43. The number of pyridine rings is 1. The number of aryl methyl sites for hydroxylation is 1. The number of hydrogen-bond acceptors (Lipinski definition) is 3. The summed E-state index contributed by atoms with van der Waals surface area (Å²) in [7, 11) is 1.02. The van der Waals surface area contributed by atoms with Gasteiger partial charge >= 0.3 is 12.1 Å². The number of esters is 1. The lowest BCUT2D eigenvalue weighted by atomic mass is 9.99. The summed E-state index contributed by atoms with van der Waals surface area (Å²) in [6, 6.07) is 0. The Morgan fingerprint density at radius 3 is 2.42 bits per heavy atom. The molecule has 0 atom stereocenters. The van der Waals surface area contributed by atoms with Gasteiger partial charge in [0.05, 0.1) is 19.1 Å². The third kappa shape index (κ3) is 3.39.